The molecule has 1 aliphatic heterocycles. The fourth-order valence-electron chi connectivity index (χ4n) is 3.57. The van der Waals surface area contributed by atoms with Crippen molar-refractivity contribution in [2.24, 2.45) is 0 Å². The summed E-state index contributed by atoms with van der Waals surface area (Å²) in [5.74, 6) is 0. The van der Waals surface area contributed by atoms with Crippen LogP contribution in [0.15, 0.2) is 12.1 Å². The molecule has 1 heterocycles. The summed E-state index contributed by atoms with van der Waals surface area (Å²) >= 11 is 0. The van der Waals surface area contributed by atoms with Crippen molar-refractivity contribution < 1.29 is 0 Å². The molecule has 1 aromatic rings. The Hall–Kier alpha value is -1.02. The molecule has 2 nitrogen and oxygen atoms in total. The Morgan fingerprint density at radius 3 is 2.32 bits per heavy atom. The molecule has 104 valence electrons. The molecule has 0 aromatic heterocycles. The molecule has 1 saturated carbocycles. The van der Waals surface area contributed by atoms with E-state index in [1.807, 2.05) is 0 Å². The van der Waals surface area contributed by atoms with E-state index in [1.54, 1.807) is 0 Å². The minimum absolute atomic E-state index is 0.696. The highest BCUT2D eigenvalue weighted by atomic mass is 15.2. The Bertz CT molecular complexity index is 439. The minimum Gasteiger partial charge on any atom is -0.370 e. The molecule has 1 aliphatic carbocycles. The predicted molar refractivity (Wildman–Crippen MR) is 82.0 cm³/mol. The van der Waals surface area contributed by atoms with Gasteiger partial charge in [-0.2, -0.15) is 0 Å². The Balaban J connectivity index is 1.77. The number of anilines is 1. The van der Waals surface area contributed by atoms with E-state index >= 15 is 0 Å². The van der Waals surface area contributed by atoms with Crippen LogP contribution in [0.25, 0.3) is 0 Å². The summed E-state index contributed by atoms with van der Waals surface area (Å²) in [6.07, 6.45) is 5.44. The van der Waals surface area contributed by atoms with Crippen LogP contribution in [0.4, 0.5) is 5.69 Å². The highest BCUT2D eigenvalue weighted by Crippen LogP contribution is 2.29. The van der Waals surface area contributed by atoms with Gasteiger partial charge in [-0.3, -0.25) is 0 Å². The molecule has 1 saturated heterocycles. The zero-order chi connectivity index (χ0) is 13.4. The number of hydrogen-bond donors (Lipinski definition) is 1. The van der Waals surface area contributed by atoms with Crippen LogP contribution < -0.4 is 10.2 Å². The summed E-state index contributed by atoms with van der Waals surface area (Å²) in [5.41, 5.74) is 5.73. The number of hydrogen-bond acceptors (Lipinski definition) is 2. The van der Waals surface area contributed by atoms with E-state index in [-0.39, 0.29) is 0 Å². The second kappa shape index (κ2) is 5.16. The first-order chi connectivity index (χ1) is 9.13. The molecule has 2 aliphatic rings. The quantitative estimate of drug-likeness (QED) is 0.894. The van der Waals surface area contributed by atoms with Gasteiger partial charge in [0.25, 0.3) is 0 Å². The average Bonchev–Trinajstić information content (AvgIpc) is 3.12. The molecule has 1 unspecified atom stereocenters. The van der Waals surface area contributed by atoms with Gasteiger partial charge < -0.3 is 10.2 Å². The third kappa shape index (κ3) is 2.94. The van der Waals surface area contributed by atoms with E-state index in [0.717, 1.165) is 6.04 Å². The van der Waals surface area contributed by atoms with Crippen molar-refractivity contribution >= 4 is 5.69 Å². The maximum Gasteiger partial charge on any atom is 0.0426 e. The summed E-state index contributed by atoms with van der Waals surface area (Å²) < 4.78 is 0. The fraction of sp³-hybridized carbons (Fsp3) is 0.647. The lowest BCUT2D eigenvalue weighted by atomic mass is 9.99. The predicted octanol–water partition coefficient (Wildman–Crippen LogP) is 3.33. The number of piperidine rings is 1. The molecule has 19 heavy (non-hydrogen) atoms. The van der Waals surface area contributed by atoms with Gasteiger partial charge in [0.2, 0.25) is 0 Å². The van der Waals surface area contributed by atoms with Gasteiger partial charge in [-0.15, -0.1) is 0 Å². The van der Waals surface area contributed by atoms with Crippen LogP contribution >= 0.6 is 0 Å². The fourth-order valence-corrected chi connectivity index (χ4v) is 3.57. The molecule has 1 N–H and O–H groups in total. The van der Waals surface area contributed by atoms with Crippen molar-refractivity contribution in [3.63, 3.8) is 0 Å². The molecule has 2 heteroatoms. The SMILES string of the molecule is Cc1cc(C)c(N2CCCC(NC3CC3)C2)c(C)c1. The molecular formula is C17H26N2. The zero-order valence-electron chi connectivity index (χ0n) is 12.5. The van der Waals surface area contributed by atoms with Crippen molar-refractivity contribution in [3.8, 4) is 0 Å². The second-order valence-electron chi connectivity index (χ2n) is 6.47. The van der Waals surface area contributed by atoms with Crippen LogP contribution in [0.1, 0.15) is 42.4 Å². The summed E-state index contributed by atoms with van der Waals surface area (Å²) in [6.45, 7) is 9.10. The number of benzene rings is 1. The van der Waals surface area contributed by atoms with Gasteiger partial charge in [-0.05, 0) is 57.6 Å². The zero-order valence-corrected chi connectivity index (χ0v) is 12.5. The third-order valence-electron chi connectivity index (χ3n) is 4.42. The first-order valence-electron chi connectivity index (χ1n) is 7.72. The standard InChI is InChI=1S/C17H26N2/c1-12-9-13(2)17(14(3)10-12)19-8-4-5-16(11-19)18-15-6-7-15/h9-10,15-16,18H,4-8,11H2,1-3H3. The average molecular weight is 258 g/mol. The Labute approximate surface area is 117 Å². The van der Waals surface area contributed by atoms with E-state index in [2.05, 4.69) is 43.1 Å². The van der Waals surface area contributed by atoms with Crippen molar-refractivity contribution in [1.29, 1.82) is 0 Å². The lowest BCUT2D eigenvalue weighted by Crippen LogP contribution is -2.46. The highest BCUT2D eigenvalue weighted by molar-refractivity contribution is 5.60. The molecule has 0 bridgehead atoms. The van der Waals surface area contributed by atoms with Gasteiger partial charge in [0, 0.05) is 30.9 Å². The van der Waals surface area contributed by atoms with Gasteiger partial charge >= 0.3 is 0 Å². The smallest absolute Gasteiger partial charge is 0.0426 e. The lowest BCUT2D eigenvalue weighted by molar-refractivity contribution is 0.420. The Kier molecular flexibility index (Phi) is 3.53. The molecule has 0 amide bonds. The number of rotatable bonds is 3. The third-order valence-corrected chi connectivity index (χ3v) is 4.42. The molecule has 1 aromatic carbocycles. The number of nitrogens with one attached hydrogen (secondary N) is 1. The maximum absolute atomic E-state index is 3.80. The minimum atomic E-state index is 0.696. The molecular weight excluding hydrogens is 232 g/mol. The monoisotopic (exact) mass is 258 g/mol. The molecule has 3 rings (SSSR count). The summed E-state index contributed by atoms with van der Waals surface area (Å²) in [4.78, 5) is 2.60. The van der Waals surface area contributed by atoms with E-state index in [0.29, 0.717) is 6.04 Å². The van der Waals surface area contributed by atoms with Crippen molar-refractivity contribution in [2.75, 3.05) is 18.0 Å². The molecule has 2 fully saturated rings. The van der Waals surface area contributed by atoms with Gasteiger partial charge in [0.1, 0.15) is 0 Å². The Morgan fingerprint density at radius 2 is 1.68 bits per heavy atom. The van der Waals surface area contributed by atoms with Gasteiger partial charge in [0.05, 0.1) is 0 Å². The molecule has 0 spiro atoms. The van der Waals surface area contributed by atoms with E-state index < -0.39 is 0 Å². The van der Waals surface area contributed by atoms with Crippen LogP contribution in [-0.2, 0) is 0 Å². The highest BCUT2D eigenvalue weighted by Gasteiger charge is 2.28. The molecule has 1 atom stereocenters. The largest absolute Gasteiger partial charge is 0.370 e. The lowest BCUT2D eigenvalue weighted by Gasteiger charge is -2.37. The van der Waals surface area contributed by atoms with Crippen LogP contribution in [0.5, 0.6) is 0 Å². The second-order valence-corrected chi connectivity index (χ2v) is 6.47. The topological polar surface area (TPSA) is 15.3 Å². The number of aryl methyl sites for hydroxylation is 3. The van der Waals surface area contributed by atoms with Crippen molar-refractivity contribution in [2.45, 2.75) is 58.5 Å². The first kappa shape index (κ1) is 13.0. The van der Waals surface area contributed by atoms with Crippen LogP contribution in [0, 0.1) is 20.8 Å². The molecule has 0 radical (unpaired) electrons. The van der Waals surface area contributed by atoms with E-state index in [1.165, 1.54) is 61.2 Å². The van der Waals surface area contributed by atoms with Crippen LogP contribution in [0.2, 0.25) is 0 Å². The first-order valence-corrected chi connectivity index (χ1v) is 7.72. The van der Waals surface area contributed by atoms with Gasteiger partial charge in [-0.25, -0.2) is 0 Å². The Morgan fingerprint density at radius 1 is 1.00 bits per heavy atom. The van der Waals surface area contributed by atoms with E-state index in [4.69, 9.17) is 0 Å². The maximum atomic E-state index is 3.80. The normalized spacial score (nSPS) is 23.7. The number of nitrogens with zero attached hydrogens (tertiary/aromatic N) is 1. The van der Waals surface area contributed by atoms with Gasteiger partial charge in [0.15, 0.2) is 0 Å². The summed E-state index contributed by atoms with van der Waals surface area (Å²) in [6, 6.07) is 6.16. The van der Waals surface area contributed by atoms with E-state index in [9.17, 15) is 0 Å². The van der Waals surface area contributed by atoms with Crippen molar-refractivity contribution in [3.05, 3.63) is 28.8 Å². The van der Waals surface area contributed by atoms with Crippen molar-refractivity contribution in [1.82, 2.24) is 5.32 Å². The summed E-state index contributed by atoms with van der Waals surface area (Å²) in [5, 5.41) is 3.80. The van der Waals surface area contributed by atoms with Crippen LogP contribution in [-0.4, -0.2) is 25.2 Å². The van der Waals surface area contributed by atoms with Crippen LogP contribution in [0.3, 0.4) is 0 Å². The van der Waals surface area contributed by atoms with Gasteiger partial charge in [-0.1, -0.05) is 17.7 Å². The summed E-state index contributed by atoms with van der Waals surface area (Å²) in [7, 11) is 0.